The summed E-state index contributed by atoms with van der Waals surface area (Å²) in [6, 6.07) is 8.40. The summed E-state index contributed by atoms with van der Waals surface area (Å²) in [5.74, 6) is -2.07. The van der Waals surface area contributed by atoms with Gasteiger partial charge >= 0.3 is 6.18 Å². The standard InChI is InChI=1S/C17H10F3NO3/c1-9(22)13-7-10(6-11(8-21)15(13)17(18,19)20)16(24)12-4-2-3-5-14(12)23/h2-7,23H,1H3. The molecule has 0 aliphatic heterocycles. The van der Waals surface area contributed by atoms with Gasteiger partial charge in [0.1, 0.15) is 5.75 Å². The highest BCUT2D eigenvalue weighted by Crippen LogP contribution is 2.36. The third kappa shape index (κ3) is 3.13. The van der Waals surface area contributed by atoms with E-state index in [0.29, 0.717) is 0 Å². The van der Waals surface area contributed by atoms with Crippen molar-refractivity contribution in [3.8, 4) is 11.8 Å². The molecule has 0 bridgehead atoms. The predicted molar refractivity (Wildman–Crippen MR) is 77.7 cm³/mol. The number of para-hydroxylation sites is 1. The van der Waals surface area contributed by atoms with Crippen molar-refractivity contribution in [1.82, 2.24) is 0 Å². The number of ketones is 2. The van der Waals surface area contributed by atoms with Crippen LogP contribution >= 0.6 is 0 Å². The largest absolute Gasteiger partial charge is 0.507 e. The molecule has 7 heteroatoms. The lowest BCUT2D eigenvalue weighted by Gasteiger charge is -2.14. The lowest BCUT2D eigenvalue weighted by atomic mass is 9.92. The maximum Gasteiger partial charge on any atom is 0.418 e. The number of hydrogen-bond acceptors (Lipinski definition) is 4. The van der Waals surface area contributed by atoms with Crippen molar-refractivity contribution in [1.29, 1.82) is 5.26 Å². The average molecular weight is 333 g/mol. The lowest BCUT2D eigenvalue weighted by molar-refractivity contribution is -0.138. The molecule has 0 aromatic heterocycles. The van der Waals surface area contributed by atoms with Gasteiger partial charge in [-0.2, -0.15) is 18.4 Å². The van der Waals surface area contributed by atoms with Crippen LogP contribution in [0.5, 0.6) is 5.75 Å². The zero-order valence-electron chi connectivity index (χ0n) is 12.3. The van der Waals surface area contributed by atoms with Gasteiger partial charge in [0.15, 0.2) is 11.6 Å². The van der Waals surface area contributed by atoms with Crippen LogP contribution in [0.25, 0.3) is 0 Å². The summed E-state index contributed by atoms with van der Waals surface area (Å²) in [5, 5.41) is 18.7. The molecule has 0 aliphatic rings. The number of carbonyl (C=O) groups excluding carboxylic acids is 2. The lowest BCUT2D eigenvalue weighted by Crippen LogP contribution is -2.16. The first kappa shape index (κ1) is 17.2. The molecule has 2 aromatic carbocycles. The number of halogens is 3. The van der Waals surface area contributed by atoms with E-state index >= 15 is 0 Å². The fourth-order valence-electron chi connectivity index (χ4n) is 2.27. The van der Waals surface area contributed by atoms with E-state index in [2.05, 4.69) is 0 Å². The molecule has 122 valence electrons. The zero-order chi connectivity index (χ0) is 18.1. The summed E-state index contributed by atoms with van der Waals surface area (Å²) >= 11 is 0. The molecule has 2 rings (SSSR count). The van der Waals surface area contributed by atoms with E-state index in [0.717, 1.165) is 19.1 Å². The number of benzene rings is 2. The Balaban J connectivity index is 2.73. The second-order valence-electron chi connectivity index (χ2n) is 4.96. The third-order valence-electron chi connectivity index (χ3n) is 3.33. The maximum atomic E-state index is 13.1. The van der Waals surface area contributed by atoms with Gasteiger partial charge in [-0.25, -0.2) is 0 Å². The highest BCUT2D eigenvalue weighted by Gasteiger charge is 2.38. The van der Waals surface area contributed by atoms with E-state index in [4.69, 9.17) is 5.26 Å². The van der Waals surface area contributed by atoms with E-state index in [-0.39, 0.29) is 16.9 Å². The first-order valence-electron chi connectivity index (χ1n) is 6.65. The molecule has 0 unspecified atom stereocenters. The van der Waals surface area contributed by atoms with Crippen molar-refractivity contribution in [3.05, 3.63) is 64.2 Å². The van der Waals surface area contributed by atoms with Gasteiger partial charge in [0.25, 0.3) is 0 Å². The molecular weight excluding hydrogens is 323 g/mol. The number of rotatable bonds is 3. The molecule has 0 saturated heterocycles. The van der Waals surface area contributed by atoms with E-state index in [9.17, 15) is 27.9 Å². The molecule has 1 N–H and O–H groups in total. The van der Waals surface area contributed by atoms with Crippen LogP contribution in [0.15, 0.2) is 36.4 Å². The minimum atomic E-state index is -4.91. The quantitative estimate of drug-likeness (QED) is 0.869. The van der Waals surface area contributed by atoms with E-state index in [1.54, 1.807) is 0 Å². The Bertz CT molecular complexity index is 880. The summed E-state index contributed by atoms with van der Waals surface area (Å²) < 4.78 is 39.4. The Morgan fingerprint density at radius 3 is 2.25 bits per heavy atom. The van der Waals surface area contributed by atoms with Gasteiger partial charge < -0.3 is 5.11 Å². The van der Waals surface area contributed by atoms with Crippen molar-refractivity contribution in [2.45, 2.75) is 13.1 Å². The van der Waals surface area contributed by atoms with Crippen molar-refractivity contribution in [2.24, 2.45) is 0 Å². The van der Waals surface area contributed by atoms with Crippen molar-refractivity contribution in [2.75, 3.05) is 0 Å². The number of phenolic OH excluding ortho intramolecular Hbond substituents is 1. The summed E-state index contributed by atoms with van der Waals surface area (Å²) in [5.41, 5.74) is -3.39. The van der Waals surface area contributed by atoms with Crippen LogP contribution in [-0.4, -0.2) is 16.7 Å². The molecule has 0 radical (unpaired) electrons. The Labute approximate surface area is 134 Å². The Kier molecular flexibility index (Phi) is 4.42. The predicted octanol–water partition coefficient (Wildman–Crippen LogP) is 3.72. The van der Waals surface area contributed by atoms with E-state index < -0.39 is 34.4 Å². The molecule has 4 nitrogen and oxygen atoms in total. The van der Waals surface area contributed by atoms with Gasteiger partial charge in [0.2, 0.25) is 0 Å². The molecule has 24 heavy (non-hydrogen) atoms. The van der Waals surface area contributed by atoms with Gasteiger partial charge in [-0.05, 0) is 31.2 Å². The molecule has 0 fully saturated rings. The van der Waals surface area contributed by atoms with Gasteiger partial charge in [-0.1, -0.05) is 12.1 Å². The van der Waals surface area contributed by atoms with Gasteiger partial charge in [0.05, 0.1) is 22.8 Å². The van der Waals surface area contributed by atoms with Crippen LogP contribution in [0.1, 0.15) is 44.3 Å². The molecule has 0 spiro atoms. The molecule has 0 atom stereocenters. The number of nitrogens with zero attached hydrogens (tertiary/aromatic N) is 1. The minimum absolute atomic E-state index is 0.143. The molecule has 0 heterocycles. The number of Topliss-reactive ketones (excluding diaryl/α,β-unsaturated/α-hetero) is 1. The van der Waals surface area contributed by atoms with Gasteiger partial charge in [-0.15, -0.1) is 0 Å². The van der Waals surface area contributed by atoms with Crippen LogP contribution in [0.3, 0.4) is 0 Å². The second-order valence-corrected chi connectivity index (χ2v) is 4.96. The van der Waals surface area contributed by atoms with Crippen LogP contribution in [-0.2, 0) is 6.18 Å². The highest BCUT2D eigenvalue weighted by molar-refractivity contribution is 6.12. The fourth-order valence-corrected chi connectivity index (χ4v) is 2.27. The number of alkyl halides is 3. The first-order chi connectivity index (χ1) is 11.2. The van der Waals surface area contributed by atoms with Crippen LogP contribution in [0.2, 0.25) is 0 Å². The van der Waals surface area contributed by atoms with Crippen LogP contribution in [0, 0.1) is 11.3 Å². The van der Waals surface area contributed by atoms with Gasteiger partial charge in [0, 0.05) is 11.1 Å². The first-order valence-corrected chi connectivity index (χ1v) is 6.65. The maximum absolute atomic E-state index is 13.1. The second kappa shape index (κ2) is 6.16. The molecule has 2 aromatic rings. The van der Waals surface area contributed by atoms with Gasteiger partial charge in [-0.3, -0.25) is 9.59 Å². The SMILES string of the molecule is CC(=O)c1cc(C(=O)c2ccccc2O)cc(C#N)c1C(F)(F)F. The van der Waals surface area contributed by atoms with Crippen LogP contribution < -0.4 is 0 Å². The monoisotopic (exact) mass is 333 g/mol. The van der Waals surface area contributed by atoms with Crippen molar-refractivity contribution < 1.29 is 27.9 Å². The van der Waals surface area contributed by atoms with E-state index in [1.807, 2.05) is 0 Å². The summed E-state index contributed by atoms with van der Waals surface area (Å²) in [6.07, 6.45) is -4.91. The van der Waals surface area contributed by atoms with Crippen molar-refractivity contribution in [3.63, 3.8) is 0 Å². The number of aromatic hydroxyl groups is 1. The third-order valence-corrected chi connectivity index (χ3v) is 3.33. The minimum Gasteiger partial charge on any atom is -0.507 e. The summed E-state index contributed by atoms with van der Waals surface area (Å²) in [4.78, 5) is 24.0. The Hall–Kier alpha value is -3.14. The summed E-state index contributed by atoms with van der Waals surface area (Å²) in [7, 11) is 0. The normalized spacial score (nSPS) is 11.0. The molecule has 0 saturated carbocycles. The molecule has 0 amide bonds. The topological polar surface area (TPSA) is 78.2 Å². The number of carbonyl (C=O) groups is 2. The molecular formula is C17H10F3NO3. The average Bonchev–Trinajstić information content (AvgIpc) is 2.52. The number of phenols is 1. The number of hydrogen-bond donors (Lipinski definition) is 1. The highest BCUT2D eigenvalue weighted by atomic mass is 19.4. The van der Waals surface area contributed by atoms with Crippen molar-refractivity contribution >= 4 is 11.6 Å². The zero-order valence-corrected chi connectivity index (χ0v) is 12.3. The number of nitriles is 1. The van der Waals surface area contributed by atoms with E-state index in [1.165, 1.54) is 30.3 Å². The Morgan fingerprint density at radius 1 is 1.12 bits per heavy atom. The van der Waals surface area contributed by atoms with Crippen LogP contribution in [0.4, 0.5) is 13.2 Å². The molecule has 0 aliphatic carbocycles. The summed E-state index contributed by atoms with van der Waals surface area (Å²) in [6.45, 7) is 0.917. The smallest absolute Gasteiger partial charge is 0.418 e. The Morgan fingerprint density at radius 2 is 1.75 bits per heavy atom. The fraction of sp³-hybridized carbons (Fsp3) is 0.118.